The van der Waals surface area contributed by atoms with Crippen molar-refractivity contribution in [2.75, 3.05) is 13.1 Å². The molecule has 0 aromatic heterocycles. The van der Waals surface area contributed by atoms with Crippen LogP contribution in [0.25, 0.3) is 0 Å². The molecule has 2 rings (SSSR count). The van der Waals surface area contributed by atoms with Gasteiger partial charge in [0.25, 0.3) is 0 Å². The first-order valence-corrected chi connectivity index (χ1v) is 8.53. The standard InChI is InChI=1S/C17H34N2/c1-4-19(15-9-11-17(2,3)12-10-15)16-8-6-5-7-14(16)13-18/h14-16H,4-13,18H2,1-3H3. The molecular weight excluding hydrogens is 232 g/mol. The Morgan fingerprint density at radius 1 is 1.05 bits per heavy atom. The predicted molar refractivity (Wildman–Crippen MR) is 83.2 cm³/mol. The molecular formula is C17H34N2. The lowest BCUT2D eigenvalue weighted by atomic mass is 9.74. The molecule has 2 aliphatic rings. The lowest BCUT2D eigenvalue weighted by molar-refractivity contribution is 0.0343. The van der Waals surface area contributed by atoms with Crippen LogP contribution in [-0.2, 0) is 0 Å². The zero-order valence-corrected chi connectivity index (χ0v) is 13.3. The molecule has 19 heavy (non-hydrogen) atoms. The molecule has 2 atom stereocenters. The summed E-state index contributed by atoms with van der Waals surface area (Å²) in [5.74, 6) is 0.753. The molecule has 0 aromatic carbocycles. The van der Waals surface area contributed by atoms with E-state index in [1.54, 1.807) is 0 Å². The minimum atomic E-state index is 0.579. The van der Waals surface area contributed by atoms with E-state index in [0.717, 1.165) is 24.5 Å². The van der Waals surface area contributed by atoms with Crippen molar-refractivity contribution in [2.24, 2.45) is 17.1 Å². The van der Waals surface area contributed by atoms with Crippen LogP contribution in [0.4, 0.5) is 0 Å². The van der Waals surface area contributed by atoms with Gasteiger partial charge in [0.15, 0.2) is 0 Å². The summed E-state index contributed by atoms with van der Waals surface area (Å²) >= 11 is 0. The van der Waals surface area contributed by atoms with Crippen molar-refractivity contribution in [1.29, 1.82) is 0 Å². The topological polar surface area (TPSA) is 29.3 Å². The van der Waals surface area contributed by atoms with Gasteiger partial charge in [-0.2, -0.15) is 0 Å². The number of rotatable bonds is 4. The van der Waals surface area contributed by atoms with E-state index in [9.17, 15) is 0 Å². The summed E-state index contributed by atoms with van der Waals surface area (Å²) in [6.45, 7) is 9.32. The minimum absolute atomic E-state index is 0.579. The van der Waals surface area contributed by atoms with E-state index < -0.39 is 0 Å². The van der Waals surface area contributed by atoms with E-state index in [0.29, 0.717) is 5.41 Å². The zero-order chi connectivity index (χ0) is 13.9. The third-order valence-electron chi connectivity index (χ3n) is 5.74. The van der Waals surface area contributed by atoms with Gasteiger partial charge in [0.1, 0.15) is 0 Å². The first-order valence-electron chi connectivity index (χ1n) is 8.53. The van der Waals surface area contributed by atoms with Crippen molar-refractivity contribution in [3.8, 4) is 0 Å². The highest BCUT2D eigenvalue weighted by Gasteiger charge is 2.35. The summed E-state index contributed by atoms with van der Waals surface area (Å²) < 4.78 is 0. The van der Waals surface area contributed by atoms with Gasteiger partial charge in [-0.05, 0) is 62.9 Å². The molecule has 0 radical (unpaired) electrons. The molecule has 0 aliphatic heterocycles. The summed E-state index contributed by atoms with van der Waals surface area (Å²) in [6, 6.07) is 1.60. The van der Waals surface area contributed by atoms with Crippen LogP contribution in [0.5, 0.6) is 0 Å². The van der Waals surface area contributed by atoms with Crippen molar-refractivity contribution >= 4 is 0 Å². The Labute approximate surface area is 120 Å². The van der Waals surface area contributed by atoms with Crippen LogP contribution in [0.1, 0.15) is 72.1 Å². The SMILES string of the molecule is CCN(C1CCC(C)(C)CC1)C1CCCCC1CN. The van der Waals surface area contributed by atoms with Gasteiger partial charge in [-0.1, -0.05) is 33.6 Å². The highest BCUT2D eigenvalue weighted by atomic mass is 15.2. The zero-order valence-electron chi connectivity index (χ0n) is 13.3. The van der Waals surface area contributed by atoms with Gasteiger partial charge in [-0.15, -0.1) is 0 Å². The maximum atomic E-state index is 6.03. The highest BCUT2D eigenvalue weighted by molar-refractivity contribution is 4.90. The Hall–Kier alpha value is -0.0800. The molecule has 0 saturated heterocycles. The summed E-state index contributed by atoms with van der Waals surface area (Å²) in [4.78, 5) is 2.83. The fourth-order valence-electron chi connectivity index (χ4n) is 4.38. The first kappa shape index (κ1) is 15.3. The third-order valence-corrected chi connectivity index (χ3v) is 5.74. The van der Waals surface area contributed by atoms with Crippen LogP contribution >= 0.6 is 0 Å². The maximum absolute atomic E-state index is 6.03. The van der Waals surface area contributed by atoms with Crippen molar-refractivity contribution in [1.82, 2.24) is 4.90 Å². The van der Waals surface area contributed by atoms with Gasteiger partial charge in [-0.25, -0.2) is 0 Å². The second-order valence-electron chi connectivity index (χ2n) is 7.57. The molecule has 0 aromatic rings. The van der Waals surface area contributed by atoms with E-state index in [1.807, 2.05) is 0 Å². The second kappa shape index (κ2) is 6.58. The van der Waals surface area contributed by atoms with Crippen molar-refractivity contribution in [2.45, 2.75) is 84.2 Å². The number of nitrogens with zero attached hydrogens (tertiary/aromatic N) is 1. The lowest BCUT2D eigenvalue weighted by Gasteiger charge is -2.47. The normalized spacial score (nSPS) is 32.7. The molecule has 2 N–H and O–H groups in total. The van der Waals surface area contributed by atoms with Crippen LogP contribution in [0.3, 0.4) is 0 Å². The van der Waals surface area contributed by atoms with Crippen LogP contribution in [-0.4, -0.2) is 30.1 Å². The van der Waals surface area contributed by atoms with E-state index in [2.05, 4.69) is 25.7 Å². The molecule has 2 fully saturated rings. The second-order valence-corrected chi connectivity index (χ2v) is 7.57. The molecule has 2 saturated carbocycles. The Balaban J connectivity index is 1.99. The molecule has 112 valence electrons. The molecule has 2 nitrogen and oxygen atoms in total. The lowest BCUT2D eigenvalue weighted by Crippen LogP contribution is -2.51. The maximum Gasteiger partial charge on any atom is 0.0138 e. The van der Waals surface area contributed by atoms with Gasteiger partial charge >= 0.3 is 0 Å². The van der Waals surface area contributed by atoms with Gasteiger partial charge in [0.2, 0.25) is 0 Å². The third kappa shape index (κ3) is 3.72. The van der Waals surface area contributed by atoms with Gasteiger partial charge in [-0.3, -0.25) is 4.90 Å². The van der Waals surface area contributed by atoms with Crippen LogP contribution in [0.15, 0.2) is 0 Å². The number of hydrogen-bond donors (Lipinski definition) is 1. The van der Waals surface area contributed by atoms with E-state index in [1.165, 1.54) is 57.9 Å². The molecule has 0 bridgehead atoms. The van der Waals surface area contributed by atoms with Crippen molar-refractivity contribution < 1.29 is 0 Å². The van der Waals surface area contributed by atoms with Crippen molar-refractivity contribution in [3.05, 3.63) is 0 Å². The van der Waals surface area contributed by atoms with Gasteiger partial charge in [0, 0.05) is 12.1 Å². The average Bonchev–Trinajstić information content (AvgIpc) is 2.42. The quantitative estimate of drug-likeness (QED) is 0.838. The molecule has 0 heterocycles. The fraction of sp³-hybridized carbons (Fsp3) is 1.00. The molecule has 2 heteroatoms. The Kier molecular flexibility index (Phi) is 5.30. The Morgan fingerprint density at radius 3 is 2.26 bits per heavy atom. The minimum Gasteiger partial charge on any atom is -0.330 e. The average molecular weight is 266 g/mol. The summed E-state index contributed by atoms with van der Waals surface area (Å²) in [5.41, 5.74) is 6.61. The molecule has 2 unspecified atom stereocenters. The summed E-state index contributed by atoms with van der Waals surface area (Å²) in [7, 11) is 0. The van der Waals surface area contributed by atoms with E-state index in [-0.39, 0.29) is 0 Å². The van der Waals surface area contributed by atoms with Crippen LogP contribution in [0, 0.1) is 11.3 Å². The van der Waals surface area contributed by atoms with Crippen LogP contribution in [0.2, 0.25) is 0 Å². The molecule has 2 aliphatic carbocycles. The monoisotopic (exact) mass is 266 g/mol. The van der Waals surface area contributed by atoms with E-state index >= 15 is 0 Å². The summed E-state index contributed by atoms with van der Waals surface area (Å²) in [5, 5.41) is 0. The van der Waals surface area contributed by atoms with Crippen LogP contribution < -0.4 is 5.73 Å². The number of hydrogen-bond acceptors (Lipinski definition) is 2. The Morgan fingerprint density at radius 2 is 1.68 bits per heavy atom. The molecule has 0 amide bonds. The fourth-order valence-corrected chi connectivity index (χ4v) is 4.38. The largest absolute Gasteiger partial charge is 0.330 e. The highest BCUT2D eigenvalue weighted by Crippen LogP contribution is 2.39. The van der Waals surface area contributed by atoms with E-state index in [4.69, 9.17) is 5.73 Å². The Bertz CT molecular complexity index is 264. The van der Waals surface area contributed by atoms with Crippen molar-refractivity contribution in [3.63, 3.8) is 0 Å². The predicted octanol–water partition coefficient (Wildman–Crippen LogP) is 3.79. The molecule has 0 spiro atoms. The smallest absolute Gasteiger partial charge is 0.0138 e. The van der Waals surface area contributed by atoms with Gasteiger partial charge in [0.05, 0.1) is 0 Å². The first-order chi connectivity index (χ1) is 9.07. The summed E-state index contributed by atoms with van der Waals surface area (Å²) in [6.07, 6.45) is 11.1. The number of nitrogens with two attached hydrogens (primary N) is 1. The van der Waals surface area contributed by atoms with Gasteiger partial charge < -0.3 is 5.73 Å².